The summed E-state index contributed by atoms with van der Waals surface area (Å²) in [5, 5.41) is 0. The van der Waals surface area contributed by atoms with Crippen LogP contribution < -0.4 is 0 Å². The Bertz CT molecular complexity index is 1090. The summed E-state index contributed by atoms with van der Waals surface area (Å²) in [6.07, 6.45) is 60.9. The predicted octanol–water partition coefficient (Wildman–Crippen LogP) is 17.5. The molecule has 0 amide bonds. The molecule has 0 bridgehead atoms. The summed E-state index contributed by atoms with van der Waals surface area (Å²) in [6.45, 7) is 6.57. The SMILES string of the molecule is CCCC/C=C\CCCCCCCC(=O)OC[C@H](COC(=O)CCCCCC/C=C\C/C=C\C/C=C\CCCCC)OC(=O)CCCCCCCCCCCCCCCCCC. The van der Waals surface area contributed by atoms with Crippen molar-refractivity contribution in [1.82, 2.24) is 0 Å². The largest absolute Gasteiger partial charge is 0.462 e. The fourth-order valence-electron chi connectivity index (χ4n) is 7.49. The molecule has 0 aliphatic rings. The molecule has 0 aromatic heterocycles. The smallest absolute Gasteiger partial charge is 0.306 e. The molecule has 0 radical (unpaired) electrons. The van der Waals surface area contributed by atoms with Gasteiger partial charge in [-0.2, -0.15) is 0 Å². The van der Waals surface area contributed by atoms with Gasteiger partial charge in [0.2, 0.25) is 0 Å². The van der Waals surface area contributed by atoms with Crippen molar-refractivity contribution in [3.8, 4) is 0 Å². The monoisotopic (exact) mass is 869 g/mol. The van der Waals surface area contributed by atoms with Crippen molar-refractivity contribution in [2.75, 3.05) is 13.2 Å². The number of carbonyl (C=O) groups excluding carboxylic acids is 3. The Balaban J connectivity index is 4.38. The van der Waals surface area contributed by atoms with Gasteiger partial charge in [0.25, 0.3) is 0 Å². The van der Waals surface area contributed by atoms with Crippen LogP contribution in [0.25, 0.3) is 0 Å². The molecule has 0 aliphatic carbocycles. The lowest BCUT2D eigenvalue weighted by Gasteiger charge is -2.18. The maximum absolute atomic E-state index is 12.8. The highest BCUT2D eigenvalue weighted by molar-refractivity contribution is 5.71. The Labute approximate surface area is 384 Å². The van der Waals surface area contributed by atoms with E-state index in [0.29, 0.717) is 19.3 Å². The average molecular weight is 869 g/mol. The molecule has 0 aliphatic heterocycles. The normalized spacial score (nSPS) is 12.4. The second-order valence-corrected chi connectivity index (χ2v) is 17.8. The minimum atomic E-state index is -0.782. The Kier molecular flexibility index (Phi) is 48.8. The minimum absolute atomic E-state index is 0.0827. The molecule has 360 valence electrons. The lowest BCUT2D eigenvalue weighted by molar-refractivity contribution is -0.167. The summed E-state index contributed by atoms with van der Waals surface area (Å²) in [7, 11) is 0. The molecule has 0 N–H and O–H groups in total. The van der Waals surface area contributed by atoms with Gasteiger partial charge in [0, 0.05) is 19.3 Å². The first-order valence-corrected chi connectivity index (χ1v) is 26.6. The average Bonchev–Trinajstić information content (AvgIpc) is 3.27. The zero-order valence-corrected chi connectivity index (χ0v) is 41.1. The van der Waals surface area contributed by atoms with Gasteiger partial charge in [-0.25, -0.2) is 0 Å². The molecule has 0 saturated heterocycles. The van der Waals surface area contributed by atoms with Crippen LogP contribution in [0.1, 0.15) is 271 Å². The quantitative estimate of drug-likeness (QED) is 0.0262. The van der Waals surface area contributed by atoms with Gasteiger partial charge in [0.15, 0.2) is 6.10 Å². The van der Waals surface area contributed by atoms with Crippen molar-refractivity contribution < 1.29 is 28.6 Å². The maximum atomic E-state index is 12.8. The zero-order valence-electron chi connectivity index (χ0n) is 41.1. The fourth-order valence-corrected chi connectivity index (χ4v) is 7.49. The number of hydrogen-bond acceptors (Lipinski definition) is 6. The van der Waals surface area contributed by atoms with Crippen LogP contribution in [0.4, 0.5) is 0 Å². The van der Waals surface area contributed by atoms with Crippen molar-refractivity contribution >= 4 is 17.9 Å². The van der Waals surface area contributed by atoms with Crippen LogP contribution in [0.2, 0.25) is 0 Å². The van der Waals surface area contributed by atoms with E-state index < -0.39 is 6.10 Å². The molecular weight excluding hydrogens is 769 g/mol. The molecule has 0 fully saturated rings. The zero-order chi connectivity index (χ0) is 45.1. The predicted molar refractivity (Wildman–Crippen MR) is 265 cm³/mol. The molecule has 0 heterocycles. The molecule has 1 atom stereocenters. The Morgan fingerprint density at radius 1 is 0.323 bits per heavy atom. The van der Waals surface area contributed by atoms with Gasteiger partial charge in [-0.15, -0.1) is 0 Å². The third-order valence-corrected chi connectivity index (χ3v) is 11.6. The first kappa shape index (κ1) is 59.4. The fraction of sp³-hybridized carbons (Fsp3) is 0.804. The lowest BCUT2D eigenvalue weighted by Crippen LogP contribution is -2.30. The molecular formula is C56H100O6. The van der Waals surface area contributed by atoms with Crippen LogP contribution in [0.15, 0.2) is 48.6 Å². The molecule has 0 spiro atoms. The van der Waals surface area contributed by atoms with E-state index in [1.54, 1.807) is 0 Å². The summed E-state index contributed by atoms with van der Waals surface area (Å²) in [6, 6.07) is 0. The van der Waals surface area contributed by atoms with Crippen molar-refractivity contribution in [2.24, 2.45) is 0 Å². The van der Waals surface area contributed by atoms with Crippen molar-refractivity contribution in [1.29, 1.82) is 0 Å². The second-order valence-electron chi connectivity index (χ2n) is 17.8. The number of carbonyl (C=O) groups is 3. The van der Waals surface area contributed by atoms with E-state index in [-0.39, 0.29) is 31.1 Å². The maximum Gasteiger partial charge on any atom is 0.306 e. The van der Waals surface area contributed by atoms with Gasteiger partial charge in [-0.3, -0.25) is 14.4 Å². The standard InChI is InChI=1S/C56H100O6/c1-4-7-10-13-16-19-22-24-26-28-30-31-34-37-40-43-46-49-55(58)61-52-53(51-60-54(57)48-45-42-39-36-33-21-18-15-12-9-6-3)62-56(59)50-47-44-41-38-35-32-29-27-25-23-20-17-14-11-8-5-2/h15-16,18-19,24,26,30-31,53H,4-14,17,20-23,25,27-29,32-52H2,1-3H3/b18-15-,19-16-,26-24-,31-30-/t53-/m1/s1. The third kappa shape index (κ3) is 48.4. The van der Waals surface area contributed by atoms with E-state index in [4.69, 9.17) is 14.2 Å². The first-order chi connectivity index (χ1) is 30.5. The van der Waals surface area contributed by atoms with Crippen LogP contribution in [0.3, 0.4) is 0 Å². The number of rotatable bonds is 48. The van der Waals surface area contributed by atoms with Gasteiger partial charge in [-0.05, 0) is 77.0 Å². The van der Waals surface area contributed by atoms with Crippen LogP contribution in [0.5, 0.6) is 0 Å². The summed E-state index contributed by atoms with van der Waals surface area (Å²) in [5.41, 5.74) is 0. The third-order valence-electron chi connectivity index (χ3n) is 11.6. The van der Waals surface area contributed by atoms with Gasteiger partial charge in [-0.1, -0.05) is 223 Å². The Hall–Kier alpha value is -2.63. The summed E-state index contributed by atoms with van der Waals surface area (Å²) >= 11 is 0. The van der Waals surface area contributed by atoms with Crippen LogP contribution in [-0.2, 0) is 28.6 Å². The number of ether oxygens (including phenoxy) is 3. The molecule has 6 heteroatoms. The number of esters is 3. The summed E-state index contributed by atoms with van der Waals surface area (Å²) in [4.78, 5) is 38.0. The number of allylic oxidation sites excluding steroid dienone is 8. The highest BCUT2D eigenvalue weighted by atomic mass is 16.6. The molecule has 0 rings (SSSR count). The van der Waals surface area contributed by atoms with E-state index in [0.717, 1.165) is 89.9 Å². The Morgan fingerprint density at radius 2 is 0.597 bits per heavy atom. The summed E-state index contributed by atoms with van der Waals surface area (Å²) < 4.78 is 16.8. The van der Waals surface area contributed by atoms with Crippen LogP contribution >= 0.6 is 0 Å². The summed E-state index contributed by atoms with van der Waals surface area (Å²) in [5.74, 6) is -0.904. The molecule has 62 heavy (non-hydrogen) atoms. The van der Waals surface area contributed by atoms with Crippen LogP contribution in [-0.4, -0.2) is 37.2 Å². The molecule has 0 saturated carbocycles. The van der Waals surface area contributed by atoms with E-state index in [1.807, 2.05) is 0 Å². The first-order valence-electron chi connectivity index (χ1n) is 26.6. The second kappa shape index (κ2) is 51.0. The topological polar surface area (TPSA) is 78.9 Å². The van der Waals surface area contributed by atoms with E-state index in [1.165, 1.54) is 141 Å². The molecule has 0 unspecified atom stereocenters. The van der Waals surface area contributed by atoms with Crippen molar-refractivity contribution in [2.45, 2.75) is 277 Å². The van der Waals surface area contributed by atoms with Gasteiger partial charge in [0.1, 0.15) is 13.2 Å². The highest BCUT2D eigenvalue weighted by Crippen LogP contribution is 2.15. The highest BCUT2D eigenvalue weighted by Gasteiger charge is 2.19. The molecule has 0 aromatic carbocycles. The lowest BCUT2D eigenvalue weighted by atomic mass is 10.0. The van der Waals surface area contributed by atoms with Gasteiger partial charge in [0.05, 0.1) is 0 Å². The minimum Gasteiger partial charge on any atom is -0.462 e. The molecule has 6 nitrogen and oxygen atoms in total. The van der Waals surface area contributed by atoms with Gasteiger partial charge >= 0.3 is 17.9 Å². The van der Waals surface area contributed by atoms with Gasteiger partial charge < -0.3 is 14.2 Å². The van der Waals surface area contributed by atoms with Crippen LogP contribution in [0, 0.1) is 0 Å². The van der Waals surface area contributed by atoms with E-state index in [2.05, 4.69) is 69.4 Å². The van der Waals surface area contributed by atoms with E-state index in [9.17, 15) is 14.4 Å². The number of hydrogen-bond donors (Lipinski definition) is 0. The number of unbranched alkanes of at least 4 members (excludes halogenated alkanes) is 29. The van der Waals surface area contributed by atoms with Crippen molar-refractivity contribution in [3.63, 3.8) is 0 Å². The van der Waals surface area contributed by atoms with E-state index >= 15 is 0 Å². The molecule has 0 aromatic rings. The van der Waals surface area contributed by atoms with Crippen molar-refractivity contribution in [3.05, 3.63) is 48.6 Å². The Morgan fingerprint density at radius 3 is 1.00 bits per heavy atom.